The lowest BCUT2D eigenvalue weighted by molar-refractivity contribution is 0.0305. The van der Waals surface area contributed by atoms with Gasteiger partial charge in [0.05, 0.1) is 19.8 Å². The zero-order chi connectivity index (χ0) is 13.1. The number of ether oxygens (including phenoxy) is 1. The van der Waals surface area contributed by atoms with Crippen LogP contribution >= 0.6 is 0 Å². The molecule has 100 valence electrons. The van der Waals surface area contributed by atoms with Gasteiger partial charge in [-0.3, -0.25) is 4.90 Å². The zero-order valence-corrected chi connectivity index (χ0v) is 10.5. The largest absolute Gasteiger partial charge is 0.379 e. The van der Waals surface area contributed by atoms with E-state index in [4.69, 9.17) is 9.26 Å². The Morgan fingerprint density at radius 1 is 1.16 bits per heavy atom. The van der Waals surface area contributed by atoms with Crippen LogP contribution in [0.15, 0.2) is 34.9 Å². The summed E-state index contributed by atoms with van der Waals surface area (Å²) in [5, 5.41) is 4.03. The fourth-order valence-electron chi connectivity index (χ4n) is 2.12. The number of nitrogens with zero attached hydrogens (tertiary/aromatic N) is 2. The first-order valence-corrected chi connectivity index (χ1v) is 6.33. The van der Waals surface area contributed by atoms with E-state index in [0.29, 0.717) is 0 Å². The summed E-state index contributed by atoms with van der Waals surface area (Å²) in [5.41, 5.74) is 1.60. The van der Waals surface area contributed by atoms with E-state index in [1.54, 1.807) is 12.1 Å². The average molecular weight is 262 g/mol. The monoisotopic (exact) mass is 262 g/mol. The lowest BCUT2D eigenvalue weighted by Gasteiger charge is -2.25. The quantitative estimate of drug-likeness (QED) is 0.851. The summed E-state index contributed by atoms with van der Waals surface area (Å²) in [6.07, 6.45) is 0. The molecule has 1 fully saturated rings. The second-order valence-electron chi connectivity index (χ2n) is 4.57. The summed E-state index contributed by atoms with van der Waals surface area (Å²) in [5.74, 6) is 0.571. The van der Waals surface area contributed by atoms with Crippen molar-refractivity contribution < 1.29 is 13.7 Å². The number of rotatable bonds is 3. The van der Waals surface area contributed by atoms with E-state index in [9.17, 15) is 4.39 Å². The molecule has 19 heavy (non-hydrogen) atoms. The van der Waals surface area contributed by atoms with E-state index in [1.165, 1.54) is 12.1 Å². The second kappa shape index (κ2) is 5.50. The number of benzene rings is 1. The molecular weight excluding hydrogens is 247 g/mol. The van der Waals surface area contributed by atoms with E-state index in [1.807, 2.05) is 6.07 Å². The van der Waals surface area contributed by atoms with Crippen molar-refractivity contribution in [2.45, 2.75) is 6.54 Å². The minimum atomic E-state index is -0.249. The van der Waals surface area contributed by atoms with Crippen LogP contribution in [0.3, 0.4) is 0 Å². The van der Waals surface area contributed by atoms with Gasteiger partial charge < -0.3 is 9.26 Å². The maximum absolute atomic E-state index is 12.9. The Morgan fingerprint density at radius 3 is 2.63 bits per heavy atom. The van der Waals surface area contributed by atoms with Gasteiger partial charge in [0, 0.05) is 24.7 Å². The molecule has 0 saturated carbocycles. The highest BCUT2D eigenvalue weighted by atomic mass is 19.1. The standard InChI is InChI=1S/C14H15FN2O2/c15-12-3-1-11(2-4-12)14-9-13(19-16-14)10-17-5-7-18-8-6-17/h1-4,9H,5-8,10H2. The summed E-state index contributed by atoms with van der Waals surface area (Å²) >= 11 is 0. The van der Waals surface area contributed by atoms with Gasteiger partial charge >= 0.3 is 0 Å². The highest BCUT2D eigenvalue weighted by molar-refractivity contribution is 5.58. The van der Waals surface area contributed by atoms with Crippen LogP contribution < -0.4 is 0 Å². The molecule has 2 aromatic rings. The Labute approximate surface area is 110 Å². The summed E-state index contributed by atoms with van der Waals surface area (Å²) in [6, 6.07) is 8.15. The maximum atomic E-state index is 12.9. The Kier molecular flexibility index (Phi) is 3.57. The third-order valence-electron chi connectivity index (χ3n) is 3.18. The van der Waals surface area contributed by atoms with Crippen molar-refractivity contribution in [3.8, 4) is 11.3 Å². The van der Waals surface area contributed by atoms with Gasteiger partial charge in [-0.1, -0.05) is 5.16 Å². The molecule has 5 heteroatoms. The van der Waals surface area contributed by atoms with E-state index >= 15 is 0 Å². The molecule has 4 nitrogen and oxygen atoms in total. The summed E-state index contributed by atoms with van der Waals surface area (Å²) in [4.78, 5) is 2.26. The summed E-state index contributed by atoms with van der Waals surface area (Å²) < 4.78 is 23.5. The number of hydrogen-bond acceptors (Lipinski definition) is 4. The van der Waals surface area contributed by atoms with Crippen LogP contribution in [-0.2, 0) is 11.3 Å². The smallest absolute Gasteiger partial charge is 0.151 e. The molecule has 3 rings (SSSR count). The second-order valence-corrected chi connectivity index (χ2v) is 4.57. The number of halogens is 1. The lowest BCUT2D eigenvalue weighted by Crippen LogP contribution is -2.35. The molecule has 0 N–H and O–H groups in total. The van der Waals surface area contributed by atoms with E-state index in [2.05, 4.69) is 10.1 Å². The van der Waals surface area contributed by atoms with Crippen molar-refractivity contribution in [1.29, 1.82) is 0 Å². The van der Waals surface area contributed by atoms with Gasteiger partial charge in [-0.2, -0.15) is 0 Å². The van der Waals surface area contributed by atoms with Crippen LogP contribution in [0.4, 0.5) is 4.39 Å². The first-order chi connectivity index (χ1) is 9.31. The summed E-state index contributed by atoms with van der Waals surface area (Å²) in [7, 11) is 0. The maximum Gasteiger partial charge on any atom is 0.151 e. The topological polar surface area (TPSA) is 38.5 Å². The highest BCUT2D eigenvalue weighted by Gasteiger charge is 2.14. The molecule has 0 spiro atoms. The first-order valence-electron chi connectivity index (χ1n) is 6.33. The Morgan fingerprint density at radius 2 is 1.89 bits per heavy atom. The van der Waals surface area contributed by atoms with Gasteiger partial charge in [0.2, 0.25) is 0 Å². The fraction of sp³-hybridized carbons (Fsp3) is 0.357. The third kappa shape index (κ3) is 3.00. The first kappa shape index (κ1) is 12.3. The number of morpholine rings is 1. The number of hydrogen-bond donors (Lipinski definition) is 0. The predicted octanol–water partition coefficient (Wildman–Crippen LogP) is 2.31. The Balaban J connectivity index is 1.70. The molecule has 0 atom stereocenters. The zero-order valence-electron chi connectivity index (χ0n) is 10.5. The van der Waals surface area contributed by atoms with Gasteiger partial charge in [-0.25, -0.2) is 4.39 Å². The molecule has 1 aromatic heterocycles. The average Bonchev–Trinajstić information content (AvgIpc) is 2.89. The molecule has 0 unspecified atom stereocenters. The molecule has 1 saturated heterocycles. The summed E-state index contributed by atoms with van der Waals surface area (Å²) in [6.45, 7) is 4.08. The minimum absolute atomic E-state index is 0.249. The predicted molar refractivity (Wildman–Crippen MR) is 68.0 cm³/mol. The molecule has 1 aliphatic rings. The molecule has 0 aliphatic carbocycles. The van der Waals surface area contributed by atoms with Crippen LogP contribution in [-0.4, -0.2) is 36.4 Å². The van der Waals surface area contributed by atoms with Gasteiger partial charge in [-0.15, -0.1) is 0 Å². The van der Waals surface area contributed by atoms with E-state index in [-0.39, 0.29) is 5.82 Å². The number of aromatic nitrogens is 1. The Hall–Kier alpha value is -1.72. The van der Waals surface area contributed by atoms with Crippen molar-refractivity contribution in [2.75, 3.05) is 26.3 Å². The molecule has 0 radical (unpaired) electrons. The van der Waals surface area contributed by atoms with Gasteiger partial charge in [0.1, 0.15) is 11.5 Å². The molecular formula is C14H15FN2O2. The van der Waals surface area contributed by atoms with E-state index in [0.717, 1.165) is 49.9 Å². The normalized spacial score (nSPS) is 16.7. The van der Waals surface area contributed by atoms with E-state index < -0.39 is 0 Å². The molecule has 2 heterocycles. The SMILES string of the molecule is Fc1ccc(-c2cc(CN3CCOCC3)on2)cc1. The van der Waals surface area contributed by atoms with Crippen LogP contribution in [0.1, 0.15) is 5.76 Å². The van der Waals surface area contributed by atoms with Gasteiger partial charge in [-0.05, 0) is 24.3 Å². The lowest BCUT2D eigenvalue weighted by atomic mass is 10.1. The van der Waals surface area contributed by atoms with Crippen LogP contribution in [0.25, 0.3) is 11.3 Å². The third-order valence-corrected chi connectivity index (χ3v) is 3.18. The minimum Gasteiger partial charge on any atom is -0.379 e. The van der Waals surface area contributed by atoms with Crippen LogP contribution in [0, 0.1) is 5.82 Å². The van der Waals surface area contributed by atoms with Crippen molar-refractivity contribution in [3.05, 3.63) is 41.9 Å². The van der Waals surface area contributed by atoms with Crippen LogP contribution in [0.5, 0.6) is 0 Å². The molecule has 1 aliphatic heterocycles. The highest BCUT2D eigenvalue weighted by Crippen LogP contribution is 2.20. The molecule has 0 bridgehead atoms. The fourth-order valence-corrected chi connectivity index (χ4v) is 2.12. The molecule has 0 amide bonds. The van der Waals surface area contributed by atoms with Crippen LogP contribution in [0.2, 0.25) is 0 Å². The molecule has 1 aromatic carbocycles. The van der Waals surface area contributed by atoms with Gasteiger partial charge in [0.25, 0.3) is 0 Å². The van der Waals surface area contributed by atoms with Crippen molar-refractivity contribution in [3.63, 3.8) is 0 Å². The van der Waals surface area contributed by atoms with Crippen molar-refractivity contribution >= 4 is 0 Å². The Bertz CT molecular complexity index is 533. The van der Waals surface area contributed by atoms with Crippen molar-refractivity contribution in [1.82, 2.24) is 10.1 Å². The van der Waals surface area contributed by atoms with Gasteiger partial charge in [0.15, 0.2) is 5.76 Å². The van der Waals surface area contributed by atoms with Crippen molar-refractivity contribution in [2.24, 2.45) is 0 Å².